The molecule has 256 valence electrons. The number of carbonyl (C=O) groups excluding carboxylic acids is 3. The molecule has 49 heavy (non-hydrogen) atoms. The Morgan fingerprint density at radius 1 is 0.980 bits per heavy atom. The molecule has 4 aromatic rings. The molecule has 2 fully saturated rings. The van der Waals surface area contributed by atoms with Crippen molar-refractivity contribution in [1.82, 2.24) is 15.1 Å². The van der Waals surface area contributed by atoms with E-state index in [4.69, 9.17) is 16.0 Å². The molecule has 2 N–H and O–H groups in total. The summed E-state index contributed by atoms with van der Waals surface area (Å²) in [5.41, 5.74) is 2.85. The second kappa shape index (κ2) is 14.4. The summed E-state index contributed by atoms with van der Waals surface area (Å²) in [4.78, 5) is 56.5. The van der Waals surface area contributed by atoms with E-state index in [0.29, 0.717) is 31.1 Å². The maximum absolute atomic E-state index is 14.0. The van der Waals surface area contributed by atoms with Crippen molar-refractivity contribution in [2.24, 2.45) is 0 Å². The van der Waals surface area contributed by atoms with E-state index in [1.807, 2.05) is 17.0 Å². The average molecular weight is 705 g/mol. The van der Waals surface area contributed by atoms with Crippen LogP contribution in [-0.2, 0) is 32.6 Å². The molecule has 2 aliphatic rings. The van der Waals surface area contributed by atoms with Gasteiger partial charge in [-0.2, -0.15) is 0 Å². The number of halogens is 1. The minimum absolute atomic E-state index is 0.0914. The number of nitrogens with zero attached hydrogens (tertiary/aromatic N) is 2. The minimum atomic E-state index is -3.57. The van der Waals surface area contributed by atoms with Crippen molar-refractivity contribution in [3.05, 3.63) is 110 Å². The van der Waals surface area contributed by atoms with Gasteiger partial charge in [0, 0.05) is 55.8 Å². The third kappa shape index (κ3) is 8.31. The van der Waals surface area contributed by atoms with Crippen LogP contribution in [0, 0.1) is 0 Å². The highest BCUT2D eigenvalue weighted by molar-refractivity contribution is 7.92. The summed E-state index contributed by atoms with van der Waals surface area (Å²) < 4.78 is 31.3. The van der Waals surface area contributed by atoms with Gasteiger partial charge in [-0.25, -0.2) is 8.42 Å². The van der Waals surface area contributed by atoms with Crippen LogP contribution in [0.25, 0.3) is 11.0 Å². The summed E-state index contributed by atoms with van der Waals surface area (Å²) in [6.45, 7) is 2.34. The SMILES string of the molecule is CS(=O)(=O)Nc1ccc2oc(C(=O)N[C@H](Cc3ccc(Cl)cc3)C(=O)N3CCC(c4ccccc4CN4CCCC4=O)CC3)cc(=O)c2c1. The third-order valence-corrected chi connectivity index (χ3v) is 9.90. The number of nitrogens with one attached hydrogen (secondary N) is 2. The lowest BCUT2D eigenvalue weighted by atomic mass is 9.86. The number of rotatable bonds is 10. The van der Waals surface area contributed by atoms with Gasteiger partial charge in [-0.05, 0) is 72.2 Å². The monoisotopic (exact) mass is 704 g/mol. The Balaban J connectivity index is 1.18. The Hall–Kier alpha value is -4.68. The van der Waals surface area contributed by atoms with Crippen molar-refractivity contribution in [2.45, 2.75) is 50.6 Å². The van der Waals surface area contributed by atoms with Crippen LogP contribution in [-0.4, -0.2) is 67.9 Å². The van der Waals surface area contributed by atoms with Gasteiger partial charge < -0.3 is 19.5 Å². The molecule has 3 amide bonds. The number of benzene rings is 3. The molecular formula is C36H37ClN4O7S. The molecule has 0 bridgehead atoms. The van der Waals surface area contributed by atoms with E-state index in [9.17, 15) is 27.6 Å². The first-order chi connectivity index (χ1) is 23.4. The van der Waals surface area contributed by atoms with E-state index in [2.05, 4.69) is 22.2 Å². The molecule has 11 nitrogen and oxygen atoms in total. The fourth-order valence-corrected chi connectivity index (χ4v) is 7.30. The number of amides is 3. The lowest BCUT2D eigenvalue weighted by Gasteiger charge is -2.35. The van der Waals surface area contributed by atoms with Crippen LogP contribution in [0.2, 0.25) is 5.02 Å². The van der Waals surface area contributed by atoms with Gasteiger partial charge in [0.2, 0.25) is 21.8 Å². The molecule has 1 aromatic heterocycles. The zero-order chi connectivity index (χ0) is 34.7. The quantitative estimate of drug-likeness (QED) is 0.244. The van der Waals surface area contributed by atoms with E-state index >= 15 is 0 Å². The molecule has 0 aliphatic carbocycles. The second-order valence-electron chi connectivity index (χ2n) is 12.6. The number of sulfonamides is 1. The molecule has 6 rings (SSSR count). The molecule has 2 aliphatic heterocycles. The van der Waals surface area contributed by atoms with E-state index < -0.39 is 27.4 Å². The summed E-state index contributed by atoms with van der Waals surface area (Å²) in [6, 6.07) is 19.5. The predicted molar refractivity (Wildman–Crippen MR) is 187 cm³/mol. The predicted octanol–water partition coefficient (Wildman–Crippen LogP) is 4.69. The maximum Gasteiger partial charge on any atom is 0.287 e. The summed E-state index contributed by atoms with van der Waals surface area (Å²) in [5, 5.41) is 3.43. The fourth-order valence-electron chi connectivity index (χ4n) is 6.62. The summed E-state index contributed by atoms with van der Waals surface area (Å²) in [5.74, 6) is -0.852. The van der Waals surface area contributed by atoms with Crippen molar-refractivity contribution in [3.63, 3.8) is 0 Å². The van der Waals surface area contributed by atoms with Crippen LogP contribution in [0.15, 0.2) is 82.0 Å². The Kier molecular flexibility index (Phi) is 10.1. The summed E-state index contributed by atoms with van der Waals surface area (Å²) in [7, 11) is -3.57. The first-order valence-electron chi connectivity index (χ1n) is 16.2. The van der Waals surface area contributed by atoms with Gasteiger partial charge in [-0.3, -0.25) is 23.9 Å². The normalized spacial score (nSPS) is 16.2. The Morgan fingerprint density at radius 3 is 2.41 bits per heavy atom. The van der Waals surface area contributed by atoms with E-state index in [0.717, 1.165) is 49.3 Å². The van der Waals surface area contributed by atoms with Crippen LogP contribution < -0.4 is 15.5 Å². The van der Waals surface area contributed by atoms with Crippen molar-refractivity contribution in [2.75, 3.05) is 30.6 Å². The van der Waals surface area contributed by atoms with Gasteiger partial charge >= 0.3 is 0 Å². The first-order valence-corrected chi connectivity index (χ1v) is 18.5. The van der Waals surface area contributed by atoms with Gasteiger partial charge in [-0.15, -0.1) is 0 Å². The molecule has 0 spiro atoms. The lowest BCUT2D eigenvalue weighted by molar-refractivity contribution is -0.134. The van der Waals surface area contributed by atoms with Crippen LogP contribution in [0.5, 0.6) is 0 Å². The third-order valence-electron chi connectivity index (χ3n) is 9.04. The van der Waals surface area contributed by atoms with Gasteiger partial charge in [0.25, 0.3) is 5.91 Å². The summed E-state index contributed by atoms with van der Waals surface area (Å²) >= 11 is 6.09. The minimum Gasteiger partial charge on any atom is -0.451 e. The lowest BCUT2D eigenvalue weighted by Crippen LogP contribution is -2.51. The zero-order valence-electron chi connectivity index (χ0n) is 27.0. The largest absolute Gasteiger partial charge is 0.451 e. The Labute approximate surface area is 289 Å². The van der Waals surface area contributed by atoms with Crippen molar-refractivity contribution in [1.29, 1.82) is 0 Å². The van der Waals surface area contributed by atoms with Gasteiger partial charge in [-0.1, -0.05) is 48.0 Å². The number of fused-ring (bicyclic) bond motifs is 1. The fraction of sp³-hybridized carbons (Fsp3) is 0.333. The van der Waals surface area contributed by atoms with E-state index in [1.165, 1.54) is 23.8 Å². The topological polar surface area (TPSA) is 146 Å². The molecule has 2 saturated heterocycles. The Morgan fingerprint density at radius 2 is 1.71 bits per heavy atom. The number of likely N-dealkylation sites (tertiary alicyclic amines) is 2. The molecule has 0 unspecified atom stereocenters. The van der Waals surface area contributed by atoms with Crippen LogP contribution in [0.1, 0.15) is 58.8 Å². The van der Waals surface area contributed by atoms with Crippen LogP contribution in [0.4, 0.5) is 5.69 Å². The Bertz CT molecular complexity index is 2060. The number of hydrogen-bond donors (Lipinski definition) is 2. The van der Waals surface area contributed by atoms with Gasteiger partial charge in [0.1, 0.15) is 11.6 Å². The van der Waals surface area contributed by atoms with E-state index in [-0.39, 0.29) is 46.6 Å². The van der Waals surface area contributed by atoms with Crippen molar-refractivity contribution < 1.29 is 27.2 Å². The smallest absolute Gasteiger partial charge is 0.287 e. The second-order valence-corrected chi connectivity index (χ2v) is 14.8. The molecule has 13 heteroatoms. The zero-order valence-corrected chi connectivity index (χ0v) is 28.6. The first kappa shape index (κ1) is 34.2. The maximum atomic E-state index is 14.0. The standard InChI is InChI=1S/C36H37ClN4O7S/c1-49(46,47)39-27-12-13-32-29(20-27)31(42)21-33(48-32)35(44)38-30(19-23-8-10-26(37)11-9-23)36(45)40-17-14-24(15-18-40)28-6-3-2-5-25(28)22-41-16-4-7-34(41)43/h2-3,5-6,8-13,20-21,24,30,39H,4,7,14-19,22H2,1H3,(H,38,44)/t30-/m1/s1. The molecule has 1 atom stereocenters. The number of anilines is 1. The van der Waals surface area contributed by atoms with Gasteiger partial charge in [0.15, 0.2) is 11.2 Å². The van der Waals surface area contributed by atoms with Crippen molar-refractivity contribution in [3.8, 4) is 0 Å². The highest BCUT2D eigenvalue weighted by atomic mass is 35.5. The van der Waals surface area contributed by atoms with E-state index in [1.54, 1.807) is 29.2 Å². The summed E-state index contributed by atoms with van der Waals surface area (Å²) in [6.07, 6.45) is 4.12. The highest BCUT2D eigenvalue weighted by Gasteiger charge is 2.32. The van der Waals surface area contributed by atoms with Crippen LogP contribution >= 0.6 is 11.6 Å². The molecule has 3 aromatic carbocycles. The average Bonchev–Trinajstić information content (AvgIpc) is 3.48. The van der Waals surface area contributed by atoms with Gasteiger partial charge in [0.05, 0.1) is 11.6 Å². The number of carbonyl (C=O) groups is 3. The highest BCUT2D eigenvalue weighted by Crippen LogP contribution is 2.32. The number of piperidine rings is 1. The number of hydrogen-bond acceptors (Lipinski definition) is 7. The molecule has 0 saturated carbocycles. The van der Waals surface area contributed by atoms with Crippen LogP contribution in [0.3, 0.4) is 0 Å². The molecule has 0 radical (unpaired) electrons. The molecular weight excluding hydrogens is 668 g/mol. The van der Waals surface area contributed by atoms with Crippen molar-refractivity contribution >= 4 is 56.0 Å². The molecule has 3 heterocycles.